The number of hydrogen-bond acceptors (Lipinski definition) is 7. The smallest absolute Gasteiger partial charge is 0.257 e. The molecule has 1 aliphatic heterocycles. The second-order valence-corrected chi connectivity index (χ2v) is 4.48. The minimum absolute atomic E-state index is 0.537. The summed E-state index contributed by atoms with van der Waals surface area (Å²) in [7, 11) is 0. The van der Waals surface area contributed by atoms with Gasteiger partial charge < -0.3 is 15.5 Å². The maximum atomic E-state index is 4.52. The van der Waals surface area contributed by atoms with Gasteiger partial charge in [0.25, 0.3) is 5.95 Å². The molecule has 8 heteroatoms. The summed E-state index contributed by atoms with van der Waals surface area (Å²) in [5.74, 6) is 1.82. The first kappa shape index (κ1) is 12.8. The summed E-state index contributed by atoms with van der Waals surface area (Å²) < 4.78 is 1.65. The van der Waals surface area contributed by atoms with Gasteiger partial charge in [0, 0.05) is 45.1 Å². The number of nitrogens with zero attached hydrogens (tertiary/aromatic N) is 6. The van der Waals surface area contributed by atoms with E-state index >= 15 is 0 Å². The summed E-state index contributed by atoms with van der Waals surface area (Å²) in [6, 6.07) is 1.85. The first-order chi connectivity index (χ1) is 9.86. The van der Waals surface area contributed by atoms with Crippen LogP contribution < -0.4 is 15.5 Å². The summed E-state index contributed by atoms with van der Waals surface area (Å²) in [4.78, 5) is 15.5. The number of rotatable bonds is 4. The standard InChI is InChI=1S/C12H18N8/c1-2-14-10-16-11(19-8-5-13-6-9-19)18-12(17-10)20-7-3-4-15-20/h3-4,7,13H,2,5-6,8-9H2,1H3,(H,14,16,17,18). The maximum absolute atomic E-state index is 4.52. The Morgan fingerprint density at radius 3 is 2.70 bits per heavy atom. The summed E-state index contributed by atoms with van der Waals surface area (Å²) in [5, 5.41) is 10.6. The molecule has 0 atom stereocenters. The van der Waals surface area contributed by atoms with Crippen molar-refractivity contribution in [2.45, 2.75) is 6.92 Å². The number of nitrogens with one attached hydrogen (secondary N) is 2. The van der Waals surface area contributed by atoms with Gasteiger partial charge in [-0.3, -0.25) is 0 Å². The van der Waals surface area contributed by atoms with Gasteiger partial charge in [-0.15, -0.1) is 0 Å². The zero-order chi connectivity index (χ0) is 13.8. The van der Waals surface area contributed by atoms with E-state index < -0.39 is 0 Å². The molecule has 0 amide bonds. The summed E-state index contributed by atoms with van der Waals surface area (Å²) in [6.45, 7) is 6.46. The van der Waals surface area contributed by atoms with Crippen LogP contribution in [0.15, 0.2) is 18.5 Å². The molecule has 2 aromatic rings. The van der Waals surface area contributed by atoms with Crippen LogP contribution >= 0.6 is 0 Å². The fourth-order valence-electron chi connectivity index (χ4n) is 2.09. The molecule has 0 radical (unpaired) electrons. The minimum Gasteiger partial charge on any atom is -0.354 e. The Morgan fingerprint density at radius 1 is 1.20 bits per heavy atom. The van der Waals surface area contributed by atoms with Crippen molar-refractivity contribution in [3.63, 3.8) is 0 Å². The maximum Gasteiger partial charge on any atom is 0.257 e. The molecule has 0 bridgehead atoms. The van der Waals surface area contributed by atoms with E-state index in [4.69, 9.17) is 0 Å². The molecule has 3 heterocycles. The van der Waals surface area contributed by atoms with E-state index in [0.29, 0.717) is 17.8 Å². The Hall–Kier alpha value is -2.22. The Bertz CT molecular complexity index is 547. The van der Waals surface area contributed by atoms with Gasteiger partial charge in [-0.05, 0) is 13.0 Å². The lowest BCUT2D eigenvalue weighted by Crippen LogP contribution is -2.44. The second kappa shape index (κ2) is 5.83. The van der Waals surface area contributed by atoms with Gasteiger partial charge in [-0.1, -0.05) is 0 Å². The van der Waals surface area contributed by atoms with Crippen LogP contribution in [0.3, 0.4) is 0 Å². The highest BCUT2D eigenvalue weighted by Gasteiger charge is 2.16. The van der Waals surface area contributed by atoms with E-state index in [1.165, 1.54) is 0 Å². The molecule has 1 aliphatic rings. The van der Waals surface area contributed by atoms with Crippen molar-refractivity contribution < 1.29 is 0 Å². The normalized spacial score (nSPS) is 15.3. The first-order valence-corrected chi connectivity index (χ1v) is 6.82. The van der Waals surface area contributed by atoms with Gasteiger partial charge in [0.15, 0.2) is 0 Å². The van der Waals surface area contributed by atoms with Gasteiger partial charge in [0.2, 0.25) is 11.9 Å². The van der Waals surface area contributed by atoms with Crippen LogP contribution in [0.2, 0.25) is 0 Å². The molecular weight excluding hydrogens is 256 g/mol. The fraction of sp³-hybridized carbons (Fsp3) is 0.500. The number of hydrogen-bond donors (Lipinski definition) is 2. The predicted octanol–water partition coefficient (Wildman–Crippen LogP) is -0.101. The molecular formula is C12H18N8. The minimum atomic E-state index is 0.537. The molecule has 1 saturated heterocycles. The van der Waals surface area contributed by atoms with Crippen LogP contribution in [0, 0.1) is 0 Å². The van der Waals surface area contributed by atoms with Crippen LogP contribution in [0.5, 0.6) is 0 Å². The van der Waals surface area contributed by atoms with Crippen molar-refractivity contribution in [1.82, 2.24) is 30.0 Å². The summed E-state index contributed by atoms with van der Waals surface area (Å²) in [5.41, 5.74) is 0. The number of anilines is 2. The molecule has 106 valence electrons. The summed E-state index contributed by atoms with van der Waals surface area (Å²) in [6.07, 6.45) is 3.54. The van der Waals surface area contributed by atoms with E-state index in [1.54, 1.807) is 10.9 Å². The lowest BCUT2D eigenvalue weighted by molar-refractivity contribution is 0.577. The zero-order valence-corrected chi connectivity index (χ0v) is 11.5. The SMILES string of the molecule is CCNc1nc(N2CCNCC2)nc(-n2cccn2)n1. The molecule has 0 aromatic carbocycles. The van der Waals surface area contributed by atoms with Crippen LogP contribution in [0.25, 0.3) is 5.95 Å². The van der Waals surface area contributed by atoms with E-state index in [9.17, 15) is 0 Å². The molecule has 0 spiro atoms. The van der Waals surface area contributed by atoms with Crippen molar-refractivity contribution in [3.8, 4) is 5.95 Å². The lowest BCUT2D eigenvalue weighted by Gasteiger charge is -2.27. The average molecular weight is 274 g/mol. The van der Waals surface area contributed by atoms with Crippen LogP contribution in [-0.2, 0) is 0 Å². The van der Waals surface area contributed by atoms with Crippen molar-refractivity contribution in [2.75, 3.05) is 42.9 Å². The highest BCUT2D eigenvalue weighted by Crippen LogP contribution is 2.13. The van der Waals surface area contributed by atoms with Gasteiger partial charge in [0.1, 0.15) is 0 Å². The number of piperazine rings is 1. The van der Waals surface area contributed by atoms with Crippen molar-refractivity contribution in [1.29, 1.82) is 0 Å². The Balaban J connectivity index is 1.95. The fourth-order valence-corrected chi connectivity index (χ4v) is 2.09. The molecule has 2 N–H and O–H groups in total. The van der Waals surface area contributed by atoms with E-state index in [1.807, 2.05) is 19.2 Å². The monoisotopic (exact) mass is 274 g/mol. The molecule has 3 rings (SSSR count). The van der Waals surface area contributed by atoms with Gasteiger partial charge in [-0.2, -0.15) is 20.1 Å². The highest BCUT2D eigenvalue weighted by atomic mass is 15.4. The molecule has 0 saturated carbocycles. The van der Waals surface area contributed by atoms with E-state index in [2.05, 4.69) is 35.6 Å². The Kier molecular flexibility index (Phi) is 3.73. The van der Waals surface area contributed by atoms with Crippen molar-refractivity contribution >= 4 is 11.9 Å². The van der Waals surface area contributed by atoms with Gasteiger partial charge in [0.05, 0.1) is 0 Å². The third-order valence-corrected chi connectivity index (χ3v) is 3.06. The quantitative estimate of drug-likeness (QED) is 0.805. The first-order valence-electron chi connectivity index (χ1n) is 6.82. The Labute approximate surface area is 117 Å². The van der Waals surface area contributed by atoms with E-state index in [0.717, 1.165) is 32.7 Å². The van der Waals surface area contributed by atoms with E-state index in [-0.39, 0.29) is 0 Å². The largest absolute Gasteiger partial charge is 0.354 e. The zero-order valence-electron chi connectivity index (χ0n) is 11.5. The molecule has 8 nitrogen and oxygen atoms in total. The van der Waals surface area contributed by atoms with Gasteiger partial charge in [-0.25, -0.2) is 4.68 Å². The third kappa shape index (κ3) is 2.69. The molecule has 1 fully saturated rings. The molecule has 2 aromatic heterocycles. The predicted molar refractivity (Wildman–Crippen MR) is 76.2 cm³/mol. The summed E-state index contributed by atoms with van der Waals surface area (Å²) >= 11 is 0. The van der Waals surface area contributed by atoms with Crippen LogP contribution in [0.4, 0.5) is 11.9 Å². The second-order valence-electron chi connectivity index (χ2n) is 4.48. The molecule has 0 unspecified atom stereocenters. The van der Waals surface area contributed by atoms with Gasteiger partial charge >= 0.3 is 0 Å². The highest BCUT2D eigenvalue weighted by molar-refractivity contribution is 5.40. The molecule has 0 aliphatic carbocycles. The van der Waals surface area contributed by atoms with Crippen molar-refractivity contribution in [3.05, 3.63) is 18.5 Å². The third-order valence-electron chi connectivity index (χ3n) is 3.06. The lowest BCUT2D eigenvalue weighted by atomic mass is 10.4. The van der Waals surface area contributed by atoms with Crippen molar-refractivity contribution in [2.24, 2.45) is 0 Å². The average Bonchev–Trinajstić information content (AvgIpc) is 3.02. The molecule has 20 heavy (non-hydrogen) atoms. The number of aromatic nitrogens is 5. The van der Waals surface area contributed by atoms with Crippen LogP contribution in [0.1, 0.15) is 6.92 Å². The topological polar surface area (TPSA) is 83.8 Å². The van der Waals surface area contributed by atoms with Crippen LogP contribution in [-0.4, -0.2) is 57.5 Å². The Morgan fingerprint density at radius 2 is 2.00 bits per heavy atom.